The normalized spacial score (nSPS) is 25.7. The van der Waals surface area contributed by atoms with E-state index in [1.807, 2.05) is 0 Å². The van der Waals surface area contributed by atoms with Gasteiger partial charge < -0.3 is 5.32 Å². The highest BCUT2D eigenvalue weighted by Gasteiger charge is 2.25. The van der Waals surface area contributed by atoms with Gasteiger partial charge >= 0.3 is 0 Å². The van der Waals surface area contributed by atoms with E-state index in [4.69, 9.17) is 0 Å². The largest absolute Gasteiger partial charge is 0.314 e. The molecule has 0 heterocycles. The molecular formula is C17H25NS. The van der Waals surface area contributed by atoms with Crippen LogP contribution in [0.3, 0.4) is 0 Å². The molecule has 2 aliphatic rings. The smallest absolute Gasteiger partial charge is 0.0110 e. The van der Waals surface area contributed by atoms with Gasteiger partial charge in [0.2, 0.25) is 0 Å². The number of benzene rings is 1. The molecule has 0 radical (unpaired) electrons. The molecule has 1 aromatic carbocycles. The first kappa shape index (κ1) is 13.5. The fraction of sp³-hybridized carbons (Fsp3) is 0.647. The van der Waals surface area contributed by atoms with Gasteiger partial charge in [-0.2, -0.15) is 0 Å². The van der Waals surface area contributed by atoms with Crippen molar-refractivity contribution in [2.75, 3.05) is 6.54 Å². The van der Waals surface area contributed by atoms with Gasteiger partial charge in [0.15, 0.2) is 0 Å². The Morgan fingerprint density at radius 3 is 3.00 bits per heavy atom. The molecule has 2 atom stereocenters. The Bertz CT molecular complexity index is 429. The van der Waals surface area contributed by atoms with E-state index in [-0.39, 0.29) is 0 Å². The van der Waals surface area contributed by atoms with Crippen molar-refractivity contribution in [2.24, 2.45) is 0 Å². The maximum Gasteiger partial charge on any atom is 0.0110 e. The summed E-state index contributed by atoms with van der Waals surface area (Å²) in [5.41, 5.74) is 3.21. The van der Waals surface area contributed by atoms with Gasteiger partial charge in [0.25, 0.3) is 0 Å². The van der Waals surface area contributed by atoms with Crippen LogP contribution in [0.4, 0.5) is 0 Å². The van der Waals surface area contributed by atoms with E-state index in [1.54, 1.807) is 11.1 Å². The number of hydrogen-bond donors (Lipinski definition) is 1. The molecule has 0 aliphatic heterocycles. The lowest BCUT2D eigenvalue weighted by Gasteiger charge is -2.13. The monoisotopic (exact) mass is 275 g/mol. The zero-order chi connectivity index (χ0) is 13.1. The summed E-state index contributed by atoms with van der Waals surface area (Å²) in [4.78, 5) is 1.50. The molecule has 2 aliphatic carbocycles. The van der Waals surface area contributed by atoms with Crippen molar-refractivity contribution in [3.8, 4) is 0 Å². The highest BCUT2D eigenvalue weighted by atomic mass is 32.2. The molecule has 2 unspecified atom stereocenters. The molecule has 0 saturated heterocycles. The summed E-state index contributed by atoms with van der Waals surface area (Å²) in [6.07, 6.45) is 9.30. The van der Waals surface area contributed by atoms with Crippen molar-refractivity contribution in [1.29, 1.82) is 0 Å². The lowest BCUT2D eigenvalue weighted by Crippen LogP contribution is -2.27. The molecule has 1 N–H and O–H groups in total. The molecular weight excluding hydrogens is 250 g/mol. The Balaban J connectivity index is 1.54. The van der Waals surface area contributed by atoms with E-state index in [9.17, 15) is 0 Å². The van der Waals surface area contributed by atoms with E-state index in [0.717, 1.165) is 11.3 Å². The van der Waals surface area contributed by atoms with Gasteiger partial charge in [-0.1, -0.05) is 13.0 Å². The maximum absolute atomic E-state index is 3.68. The van der Waals surface area contributed by atoms with Gasteiger partial charge in [-0.3, -0.25) is 0 Å². The van der Waals surface area contributed by atoms with E-state index >= 15 is 0 Å². The third kappa shape index (κ3) is 3.35. The minimum atomic E-state index is 0.770. The van der Waals surface area contributed by atoms with E-state index in [1.165, 1.54) is 56.4 Å². The van der Waals surface area contributed by atoms with Crippen LogP contribution in [-0.4, -0.2) is 17.8 Å². The Hall–Kier alpha value is -0.470. The van der Waals surface area contributed by atoms with Crippen LogP contribution >= 0.6 is 11.8 Å². The SMILES string of the molecule is CCCNC1CCC(Sc2ccc3c(c2)CCC3)C1. The van der Waals surface area contributed by atoms with Crippen LogP contribution < -0.4 is 5.32 Å². The molecule has 1 fully saturated rings. The summed E-state index contributed by atoms with van der Waals surface area (Å²) in [6.45, 7) is 3.43. The third-order valence-corrected chi connectivity index (χ3v) is 5.73. The first-order valence-electron chi connectivity index (χ1n) is 7.87. The van der Waals surface area contributed by atoms with Crippen LogP contribution in [0.5, 0.6) is 0 Å². The van der Waals surface area contributed by atoms with Crippen LogP contribution in [0, 0.1) is 0 Å². The molecule has 2 heteroatoms. The average molecular weight is 275 g/mol. The molecule has 1 saturated carbocycles. The number of thioether (sulfide) groups is 1. The minimum Gasteiger partial charge on any atom is -0.314 e. The highest BCUT2D eigenvalue weighted by Crippen LogP contribution is 2.36. The molecule has 1 aromatic rings. The molecule has 104 valence electrons. The molecule has 0 amide bonds. The lowest BCUT2D eigenvalue weighted by molar-refractivity contribution is 0.524. The fourth-order valence-corrected chi connectivity index (χ4v) is 4.72. The molecule has 0 spiro atoms. The van der Waals surface area contributed by atoms with Crippen molar-refractivity contribution in [3.05, 3.63) is 29.3 Å². The number of aryl methyl sites for hydroxylation is 2. The zero-order valence-electron chi connectivity index (χ0n) is 12.0. The quantitative estimate of drug-likeness (QED) is 0.865. The van der Waals surface area contributed by atoms with Crippen LogP contribution in [0.2, 0.25) is 0 Å². The second kappa shape index (κ2) is 6.32. The van der Waals surface area contributed by atoms with Crippen molar-refractivity contribution in [3.63, 3.8) is 0 Å². The molecule has 0 aromatic heterocycles. The van der Waals surface area contributed by atoms with Crippen LogP contribution in [0.25, 0.3) is 0 Å². The Labute approximate surface area is 121 Å². The molecule has 3 rings (SSSR count). The van der Waals surface area contributed by atoms with Crippen molar-refractivity contribution < 1.29 is 0 Å². The van der Waals surface area contributed by atoms with Gasteiger partial charge in [0.05, 0.1) is 0 Å². The summed E-state index contributed by atoms with van der Waals surface area (Å²) in [7, 11) is 0. The van der Waals surface area contributed by atoms with Gasteiger partial charge in [0, 0.05) is 16.2 Å². The van der Waals surface area contributed by atoms with Crippen LogP contribution in [0.1, 0.15) is 50.2 Å². The second-order valence-corrected chi connectivity index (χ2v) is 7.36. The predicted octanol–water partition coefficient (Wildman–Crippen LogP) is 4.19. The summed E-state index contributed by atoms with van der Waals surface area (Å²) < 4.78 is 0. The summed E-state index contributed by atoms with van der Waals surface area (Å²) >= 11 is 2.11. The maximum atomic E-state index is 3.68. The van der Waals surface area contributed by atoms with Crippen molar-refractivity contribution >= 4 is 11.8 Å². The van der Waals surface area contributed by atoms with Gasteiger partial charge in [-0.25, -0.2) is 0 Å². The summed E-state index contributed by atoms with van der Waals surface area (Å²) in [6, 6.07) is 7.94. The Morgan fingerprint density at radius 2 is 2.11 bits per heavy atom. The Morgan fingerprint density at radius 1 is 1.21 bits per heavy atom. The topological polar surface area (TPSA) is 12.0 Å². The fourth-order valence-electron chi connectivity index (χ4n) is 3.39. The standard InChI is InChI=1S/C17H25NS/c1-2-10-18-15-7-9-17(12-15)19-16-8-6-13-4-3-5-14(13)11-16/h6,8,11,15,17-18H,2-5,7,9-10,12H2,1H3. The van der Waals surface area contributed by atoms with E-state index in [2.05, 4.69) is 42.2 Å². The first-order valence-corrected chi connectivity index (χ1v) is 8.75. The van der Waals surface area contributed by atoms with Gasteiger partial charge in [-0.05, 0) is 74.8 Å². The zero-order valence-corrected chi connectivity index (χ0v) is 12.8. The van der Waals surface area contributed by atoms with Crippen LogP contribution in [-0.2, 0) is 12.8 Å². The number of hydrogen-bond acceptors (Lipinski definition) is 2. The number of fused-ring (bicyclic) bond motifs is 1. The summed E-state index contributed by atoms with van der Waals surface area (Å²) in [5, 5.41) is 4.50. The molecule has 19 heavy (non-hydrogen) atoms. The summed E-state index contributed by atoms with van der Waals surface area (Å²) in [5.74, 6) is 0. The highest BCUT2D eigenvalue weighted by molar-refractivity contribution is 8.00. The van der Waals surface area contributed by atoms with Crippen LogP contribution in [0.15, 0.2) is 23.1 Å². The van der Waals surface area contributed by atoms with Gasteiger partial charge in [-0.15, -0.1) is 11.8 Å². The van der Waals surface area contributed by atoms with Gasteiger partial charge in [0.1, 0.15) is 0 Å². The average Bonchev–Trinajstić information content (AvgIpc) is 3.05. The Kier molecular flexibility index (Phi) is 4.49. The predicted molar refractivity (Wildman–Crippen MR) is 84.0 cm³/mol. The third-order valence-electron chi connectivity index (χ3n) is 4.44. The lowest BCUT2D eigenvalue weighted by atomic mass is 10.1. The number of nitrogens with one attached hydrogen (secondary N) is 1. The molecule has 1 nitrogen and oxygen atoms in total. The first-order chi connectivity index (χ1) is 9.35. The van der Waals surface area contributed by atoms with E-state index < -0.39 is 0 Å². The second-order valence-electron chi connectivity index (χ2n) is 5.99. The number of rotatable bonds is 5. The molecule has 0 bridgehead atoms. The minimum absolute atomic E-state index is 0.770. The van der Waals surface area contributed by atoms with Crippen molar-refractivity contribution in [1.82, 2.24) is 5.32 Å². The van der Waals surface area contributed by atoms with E-state index in [0.29, 0.717) is 0 Å². The van der Waals surface area contributed by atoms with Crippen molar-refractivity contribution in [2.45, 2.75) is 68.1 Å².